The smallest absolute Gasteiger partial charge is 0.155 e. The second-order valence-corrected chi connectivity index (χ2v) is 7.60. The van der Waals surface area contributed by atoms with E-state index < -0.39 is 0 Å². The third kappa shape index (κ3) is 3.57. The molecule has 7 heteroatoms. The van der Waals surface area contributed by atoms with Crippen molar-refractivity contribution >= 4 is 17.2 Å². The highest BCUT2D eigenvalue weighted by Crippen LogP contribution is 2.21. The number of anilines is 1. The second kappa shape index (κ2) is 6.93. The SMILES string of the molecule is Cc1nc(C)c(CN2CCN(c3cccc(-n4cccn4)n3)CC2)s1. The van der Waals surface area contributed by atoms with Crippen molar-refractivity contribution in [2.75, 3.05) is 31.1 Å². The molecule has 4 rings (SSSR count). The lowest BCUT2D eigenvalue weighted by Gasteiger charge is -2.35. The lowest BCUT2D eigenvalue weighted by molar-refractivity contribution is 0.251. The van der Waals surface area contributed by atoms with Gasteiger partial charge in [-0.1, -0.05) is 6.07 Å². The normalized spacial score (nSPS) is 15.7. The van der Waals surface area contributed by atoms with E-state index in [1.165, 1.54) is 10.6 Å². The van der Waals surface area contributed by atoms with Crippen LogP contribution in [-0.4, -0.2) is 50.8 Å². The molecule has 0 amide bonds. The molecule has 0 saturated carbocycles. The fraction of sp³-hybridized carbons (Fsp3) is 0.389. The summed E-state index contributed by atoms with van der Waals surface area (Å²) in [4.78, 5) is 15.6. The maximum Gasteiger partial charge on any atom is 0.155 e. The Hall–Kier alpha value is -2.25. The first-order valence-corrected chi connectivity index (χ1v) is 9.38. The molecule has 0 radical (unpaired) electrons. The summed E-state index contributed by atoms with van der Waals surface area (Å²) >= 11 is 1.82. The molecule has 1 aliphatic heterocycles. The molecule has 0 bridgehead atoms. The predicted octanol–water partition coefficient (Wildman–Crippen LogP) is 2.66. The highest BCUT2D eigenvalue weighted by atomic mass is 32.1. The van der Waals surface area contributed by atoms with Gasteiger partial charge in [-0.2, -0.15) is 5.10 Å². The molecule has 0 unspecified atom stereocenters. The molecule has 1 fully saturated rings. The van der Waals surface area contributed by atoms with Gasteiger partial charge in [-0.05, 0) is 32.0 Å². The predicted molar refractivity (Wildman–Crippen MR) is 100 cm³/mol. The van der Waals surface area contributed by atoms with E-state index in [1.54, 1.807) is 10.9 Å². The second-order valence-electron chi connectivity index (χ2n) is 6.31. The minimum Gasteiger partial charge on any atom is -0.354 e. The number of aromatic nitrogens is 4. The zero-order valence-corrected chi connectivity index (χ0v) is 15.4. The topological polar surface area (TPSA) is 50.1 Å². The van der Waals surface area contributed by atoms with E-state index in [1.807, 2.05) is 29.7 Å². The van der Waals surface area contributed by atoms with Crippen molar-refractivity contribution in [2.24, 2.45) is 0 Å². The molecular weight excluding hydrogens is 332 g/mol. The van der Waals surface area contributed by atoms with Gasteiger partial charge in [-0.15, -0.1) is 11.3 Å². The van der Waals surface area contributed by atoms with Gasteiger partial charge in [0, 0.05) is 50.0 Å². The summed E-state index contributed by atoms with van der Waals surface area (Å²) in [5, 5.41) is 5.42. The molecule has 0 aliphatic carbocycles. The summed E-state index contributed by atoms with van der Waals surface area (Å²) < 4.78 is 1.80. The lowest BCUT2D eigenvalue weighted by atomic mass is 10.2. The Kier molecular flexibility index (Phi) is 4.50. The van der Waals surface area contributed by atoms with Crippen LogP contribution in [0.4, 0.5) is 5.82 Å². The van der Waals surface area contributed by atoms with Crippen molar-refractivity contribution in [1.82, 2.24) is 24.6 Å². The first kappa shape index (κ1) is 16.2. The molecule has 130 valence electrons. The maximum atomic E-state index is 4.77. The van der Waals surface area contributed by atoms with Gasteiger partial charge in [0.1, 0.15) is 5.82 Å². The molecule has 0 spiro atoms. The van der Waals surface area contributed by atoms with Gasteiger partial charge in [0.15, 0.2) is 5.82 Å². The number of thiazole rings is 1. The summed E-state index contributed by atoms with van der Waals surface area (Å²) in [7, 11) is 0. The van der Waals surface area contributed by atoms with E-state index in [-0.39, 0.29) is 0 Å². The molecule has 3 aromatic heterocycles. The van der Waals surface area contributed by atoms with Crippen LogP contribution in [0.5, 0.6) is 0 Å². The van der Waals surface area contributed by atoms with Gasteiger partial charge in [-0.25, -0.2) is 14.6 Å². The van der Waals surface area contributed by atoms with Crippen molar-refractivity contribution < 1.29 is 0 Å². The molecule has 3 aromatic rings. The minimum absolute atomic E-state index is 0.862. The van der Waals surface area contributed by atoms with Crippen molar-refractivity contribution in [3.05, 3.63) is 52.2 Å². The van der Waals surface area contributed by atoms with Crippen molar-refractivity contribution in [3.8, 4) is 5.82 Å². The van der Waals surface area contributed by atoms with Crippen LogP contribution in [0, 0.1) is 13.8 Å². The fourth-order valence-electron chi connectivity index (χ4n) is 3.18. The maximum absolute atomic E-state index is 4.77. The van der Waals surface area contributed by atoms with Crippen LogP contribution in [0.3, 0.4) is 0 Å². The summed E-state index contributed by atoms with van der Waals surface area (Å²) in [6.45, 7) is 9.27. The molecule has 25 heavy (non-hydrogen) atoms. The Balaban J connectivity index is 1.40. The Bertz CT molecular complexity index is 833. The van der Waals surface area contributed by atoms with E-state index in [0.29, 0.717) is 0 Å². The summed E-state index contributed by atoms with van der Waals surface area (Å²) in [5.41, 5.74) is 1.18. The number of hydrogen-bond acceptors (Lipinski definition) is 6. The third-order valence-electron chi connectivity index (χ3n) is 4.52. The lowest BCUT2D eigenvalue weighted by Crippen LogP contribution is -2.46. The molecule has 1 saturated heterocycles. The van der Waals surface area contributed by atoms with Crippen LogP contribution in [0.25, 0.3) is 5.82 Å². The van der Waals surface area contributed by atoms with E-state index in [2.05, 4.69) is 45.9 Å². The minimum atomic E-state index is 0.862. The fourth-order valence-corrected chi connectivity index (χ4v) is 4.16. The average molecular weight is 354 g/mol. The van der Waals surface area contributed by atoms with Gasteiger partial charge in [0.05, 0.1) is 10.7 Å². The van der Waals surface area contributed by atoms with E-state index in [4.69, 9.17) is 4.98 Å². The van der Waals surface area contributed by atoms with E-state index >= 15 is 0 Å². The zero-order valence-electron chi connectivity index (χ0n) is 14.6. The number of rotatable bonds is 4. The van der Waals surface area contributed by atoms with Gasteiger partial charge in [0.25, 0.3) is 0 Å². The Morgan fingerprint density at radius 3 is 2.48 bits per heavy atom. The largest absolute Gasteiger partial charge is 0.354 e. The highest BCUT2D eigenvalue weighted by molar-refractivity contribution is 7.11. The van der Waals surface area contributed by atoms with Crippen LogP contribution >= 0.6 is 11.3 Å². The highest BCUT2D eigenvalue weighted by Gasteiger charge is 2.20. The van der Waals surface area contributed by atoms with Crippen LogP contribution in [0.15, 0.2) is 36.7 Å². The molecular formula is C18H22N6S. The first-order chi connectivity index (χ1) is 12.2. The van der Waals surface area contributed by atoms with Crippen LogP contribution in [0.1, 0.15) is 15.6 Å². The Morgan fingerprint density at radius 2 is 1.80 bits per heavy atom. The molecule has 0 atom stereocenters. The van der Waals surface area contributed by atoms with Crippen molar-refractivity contribution in [1.29, 1.82) is 0 Å². The Morgan fingerprint density at radius 1 is 1.00 bits per heavy atom. The summed E-state index contributed by atoms with van der Waals surface area (Å²) in [6.07, 6.45) is 3.69. The van der Waals surface area contributed by atoms with Crippen LogP contribution in [0.2, 0.25) is 0 Å². The number of pyridine rings is 1. The van der Waals surface area contributed by atoms with Crippen molar-refractivity contribution in [2.45, 2.75) is 20.4 Å². The molecule has 0 aromatic carbocycles. The van der Waals surface area contributed by atoms with Gasteiger partial charge < -0.3 is 4.90 Å². The van der Waals surface area contributed by atoms with Crippen LogP contribution in [-0.2, 0) is 6.54 Å². The monoisotopic (exact) mass is 354 g/mol. The van der Waals surface area contributed by atoms with Crippen molar-refractivity contribution in [3.63, 3.8) is 0 Å². The van der Waals surface area contributed by atoms with E-state index in [0.717, 1.165) is 49.4 Å². The molecule has 4 heterocycles. The van der Waals surface area contributed by atoms with Gasteiger partial charge in [0.2, 0.25) is 0 Å². The average Bonchev–Trinajstić information content (AvgIpc) is 3.26. The number of aryl methyl sites for hydroxylation is 2. The number of hydrogen-bond donors (Lipinski definition) is 0. The summed E-state index contributed by atoms with van der Waals surface area (Å²) in [6, 6.07) is 8.03. The van der Waals surface area contributed by atoms with Gasteiger partial charge in [-0.3, -0.25) is 4.90 Å². The molecule has 6 nitrogen and oxygen atoms in total. The van der Waals surface area contributed by atoms with E-state index in [9.17, 15) is 0 Å². The van der Waals surface area contributed by atoms with Gasteiger partial charge >= 0.3 is 0 Å². The quantitative estimate of drug-likeness (QED) is 0.721. The standard InChI is InChI=1S/C18H22N6S/c1-14-16(25-15(2)20-14)13-22-9-11-23(12-10-22)17-5-3-6-18(21-17)24-8-4-7-19-24/h3-8H,9-13H2,1-2H3. The van der Waals surface area contributed by atoms with Crippen LogP contribution < -0.4 is 4.90 Å². The first-order valence-electron chi connectivity index (χ1n) is 8.56. The summed E-state index contributed by atoms with van der Waals surface area (Å²) in [5.74, 6) is 1.89. The molecule has 1 aliphatic rings. The molecule has 0 N–H and O–H groups in total. The third-order valence-corrected chi connectivity index (χ3v) is 5.58. The Labute approximate surface area is 151 Å². The zero-order chi connectivity index (χ0) is 17.2. The number of piperazine rings is 1. The number of nitrogens with zero attached hydrogens (tertiary/aromatic N) is 6.